The van der Waals surface area contributed by atoms with Gasteiger partial charge in [-0.3, -0.25) is 9.69 Å². The highest BCUT2D eigenvalue weighted by Crippen LogP contribution is 2.24. The molecule has 3 rings (SSSR count). The average Bonchev–Trinajstić information content (AvgIpc) is 3.19. The highest BCUT2D eigenvalue weighted by atomic mass is 79.9. The fourth-order valence-electron chi connectivity index (χ4n) is 3.22. The predicted octanol–water partition coefficient (Wildman–Crippen LogP) is 3.59. The predicted molar refractivity (Wildman–Crippen MR) is 116 cm³/mol. The Morgan fingerprint density at radius 1 is 1.29 bits per heavy atom. The molecule has 0 radical (unpaired) electrons. The van der Waals surface area contributed by atoms with Crippen LogP contribution < -0.4 is 10.0 Å². The van der Waals surface area contributed by atoms with Crippen molar-refractivity contribution in [2.24, 2.45) is 0 Å². The molecule has 2 aromatic rings. The number of likely N-dealkylation sites (tertiary alicyclic amines) is 1. The van der Waals surface area contributed by atoms with Crippen molar-refractivity contribution in [2.45, 2.75) is 43.0 Å². The summed E-state index contributed by atoms with van der Waals surface area (Å²) in [4.78, 5) is 14.7. The van der Waals surface area contributed by atoms with Crippen molar-refractivity contribution in [1.29, 1.82) is 0 Å². The van der Waals surface area contributed by atoms with Crippen LogP contribution in [-0.4, -0.2) is 44.4 Å². The van der Waals surface area contributed by atoms with Gasteiger partial charge < -0.3 is 5.32 Å². The molecule has 6 nitrogen and oxygen atoms in total. The summed E-state index contributed by atoms with van der Waals surface area (Å²) in [6.07, 6.45) is 1.35. The number of halogens is 1. The third-order valence-corrected chi connectivity index (χ3v) is 8.49. The Bertz CT molecular complexity index is 924. The van der Waals surface area contributed by atoms with Gasteiger partial charge in [-0.2, -0.15) is 0 Å². The molecule has 2 N–H and O–H groups in total. The van der Waals surface area contributed by atoms with Gasteiger partial charge in [0.2, 0.25) is 15.9 Å². The Morgan fingerprint density at radius 2 is 2.00 bits per heavy atom. The van der Waals surface area contributed by atoms with Crippen LogP contribution in [0.25, 0.3) is 0 Å². The van der Waals surface area contributed by atoms with Gasteiger partial charge in [0, 0.05) is 23.6 Å². The highest BCUT2D eigenvalue weighted by Gasteiger charge is 2.29. The zero-order chi connectivity index (χ0) is 20.3. The second-order valence-corrected chi connectivity index (χ2v) is 10.8. The van der Waals surface area contributed by atoms with E-state index in [0.717, 1.165) is 15.7 Å². The van der Waals surface area contributed by atoms with Gasteiger partial charge in [-0.05, 0) is 71.8 Å². The monoisotopic (exact) mass is 485 g/mol. The lowest BCUT2D eigenvalue weighted by Crippen LogP contribution is -2.50. The molecule has 0 spiro atoms. The van der Waals surface area contributed by atoms with Gasteiger partial charge in [0.1, 0.15) is 4.21 Å². The van der Waals surface area contributed by atoms with Crippen molar-refractivity contribution in [3.63, 3.8) is 0 Å². The van der Waals surface area contributed by atoms with Crippen molar-refractivity contribution < 1.29 is 13.2 Å². The summed E-state index contributed by atoms with van der Waals surface area (Å²) in [5.41, 5.74) is 1.87. The van der Waals surface area contributed by atoms with Gasteiger partial charge in [0.25, 0.3) is 0 Å². The molecule has 1 saturated heterocycles. The second-order valence-electron chi connectivity index (χ2n) is 7.01. The number of carbonyl (C=O) groups excluding carboxylic acids is 1. The number of anilines is 1. The van der Waals surface area contributed by atoms with Crippen LogP contribution >= 0.6 is 27.3 Å². The van der Waals surface area contributed by atoms with E-state index in [1.165, 1.54) is 11.3 Å². The number of hydrogen-bond acceptors (Lipinski definition) is 5. The van der Waals surface area contributed by atoms with Crippen LogP contribution in [0.5, 0.6) is 0 Å². The minimum Gasteiger partial charge on any atom is -0.324 e. The Hall–Kier alpha value is -1.26. The zero-order valence-electron chi connectivity index (χ0n) is 15.8. The largest absolute Gasteiger partial charge is 0.324 e. The van der Waals surface area contributed by atoms with Crippen LogP contribution in [0, 0.1) is 6.92 Å². The summed E-state index contributed by atoms with van der Waals surface area (Å²) in [7, 11) is -3.45. The number of sulfonamides is 1. The molecule has 28 heavy (non-hydrogen) atoms. The number of rotatable bonds is 6. The van der Waals surface area contributed by atoms with E-state index in [0.29, 0.717) is 30.1 Å². The van der Waals surface area contributed by atoms with E-state index in [4.69, 9.17) is 0 Å². The Balaban J connectivity index is 1.53. The van der Waals surface area contributed by atoms with Crippen LogP contribution in [-0.2, 0) is 14.8 Å². The lowest BCUT2D eigenvalue weighted by molar-refractivity contribution is -0.121. The molecule has 152 valence electrons. The molecule has 0 bridgehead atoms. The fraction of sp³-hybridized carbons (Fsp3) is 0.421. The molecule has 2 heterocycles. The van der Waals surface area contributed by atoms with Gasteiger partial charge in [-0.1, -0.05) is 12.1 Å². The number of carbonyl (C=O) groups is 1. The van der Waals surface area contributed by atoms with E-state index in [9.17, 15) is 13.2 Å². The smallest absolute Gasteiger partial charge is 0.250 e. The molecule has 1 fully saturated rings. The summed E-state index contributed by atoms with van der Waals surface area (Å²) in [6.45, 7) is 5.21. The first-order valence-electron chi connectivity index (χ1n) is 9.13. The lowest BCUT2D eigenvalue weighted by Gasteiger charge is -2.35. The van der Waals surface area contributed by atoms with Gasteiger partial charge in [0.05, 0.1) is 11.7 Å². The Labute approximate surface area is 178 Å². The summed E-state index contributed by atoms with van der Waals surface area (Å²) in [6, 6.07) is 8.75. The molecule has 1 amide bonds. The van der Waals surface area contributed by atoms with Gasteiger partial charge in [-0.25, -0.2) is 13.1 Å². The quantitative estimate of drug-likeness (QED) is 0.654. The first-order chi connectivity index (χ1) is 13.3. The van der Waals surface area contributed by atoms with Crippen LogP contribution in [0.3, 0.4) is 0 Å². The number of hydrogen-bond donors (Lipinski definition) is 2. The molecule has 1 aliphatic rings. The molecule has 0 saturated carbocycles. The molecular formula is C19H24BrN3O3S2. The summed E-state index contributed by atoms with van der Waals surface area (Å²) in [5, 5.41) is 4.72. The number of piperidine rings is 1. The highest BCUT2D eigenvalue weighted by molar-refractivity contribution is 9.10. The number of amides is 1. The van der Waals surface area contributed by atoms with E-state index in [1.807, 2.05) is 32.0 Å². The van der Waals surface area contributed by atoms with Gasteiger partial charge in [-0.15, -0.1) is 11.3 Å². The minimum absolute atomic E-state index is 0.0674. The Morgan fingerprint density at radius 3 is 2.61 bits per heavy atom. The van der Waals surface area contributed by atoms with Gasteiger partial charge >= 0.3 is 0 Å². The van der Waals surface area contributed by atoms with E-state index in [-0.39, 0.29) is 18.0 Å². The van der Waals surface area contributed by atoms with E-state index in [2.05, 4.69) is 30.9 Å². The van der Waals surface area contributed by atoms with Crippen molar-refractivity contribution in [2.75, 3.05) is 18.4 Å². The summed E-state index contributed by atoms with van der Waals surface area (Å²) >= 11 is 4.69. The van der Waals surface area contributed by atoms with E-state index >= 15 is 0 Å². The second kappa shape index (κ2) is 9.04. The molecule has 1 aliphatic heterocycles. The van der Waals surface area contributed by atoms with Crippen LogP contribution in [0.1, 0.15) is 25.3 Å². The molecule has 1 unspecified atom stereocenters. The lowest BCUT2D eigenvalue weighted by atomic mass is 10.0. The molecular weight excluding hydrogens is 462 g/mol. The molecule has 1 aromatic carbocycles. The normalized spacial score (nSPS) is 17.4. The topological polar surface area (TPSA) is 78.5 Å². The van der Waals surface area contributed by atoms with Crippen molar-refractivity contribution >= 4 is 48.9 Å². The third kappa shape index (κ3) is 5.21. The first kappa shape index (κ1) is 21.4. The average molecular weight is 486 g/mol. The molecule has 9 heteroatoms. The van der Waals surface area contributed by atoms with Crippen LogP contribution in [0.4, 0.5) is 5.69 Å². The zero-order valence-corrected chi connectivity index (χ0v) is 19.0. The number of nitrogens with one attached hydrogen (secondary N) is 2. The summed E-state index contributed by atoms with van der Waals surface area (Å²) in [5.74, 6) is -0.0674. The summed E-state index contributed by atoms with van der Waals surface area (Å²) < 4.78 is 28.7. The number of nitrogens with zero attached hydrogens (tertiary/aromatic N) is 1. The first-order valence-corrected chi connectivity index (χ1v) is 12.3. The third-order valence-electron chi connectivity index (χ3n) is 4.92. The maximum Gasteiger partial charge on any atom is 0.250 e. The van der Waals surface area contributed by atoms with Crippen LogP contribution in [0.2, 0.25) is 0 Å². The standard InChI is InChI=1S/C19H24BrN3O3S2/c1-13-5-6-17(16(20)12-13)21-19(24)14(2)23-9-7-15(8-10-23)22-28(25,26)18-4-3-11-27-18/h3-6,11-12,14-15,22H,7-10H2,1-2H3,(H,21,24). The van der Waals surface area contributed by atoms with Crippen molar-refractivity contribution in [3.05, 3.63) is 45.7 Å². The molecule has 1 atom stereocenters. The number of aryl methyl sites for hydroxylation is 1. The van der Waals surface area contributed by atoms with Crippen molar-refractivity contribution in [3.8, 4) is 0 Å². The maximum atomic E-state index is 12.6. The van der Waals surface area contributed by atoms with E-state index < -0.39 is 10.0 Å². The minimum atomic E-state index is -3.45. The fourth-order valence-corrected chi connectivity index (χ4v) is 6.13. The van der Waals surface area contributed by atoms with Crippen LogP contribution in [0.15, 0.2) is 44.4 Å². The van der Waals surface area contributed by atoms with Crippen molar-refractivity contribution in [1.82, 2.24) is 9.62 Å². The number of thiophene rings is 1. The molecule has 0 aliphatic carbocycles. The Kier molecular flexibility index (Phi) is 6.93. The maximum absolute atomic E-state index is 12.6. The SMILES string of the molecule is Cc1ccc(NC(=O)C(C)N2CCC(NS(=O)(=O)c3cccs3)CC2)c(Br)c1. The van der Waals surface area contributed by atoms with E-state index in [1.54, 1.807) is 17.5 Å². The van der Waals surface area contributed by atoms with Gasteiger partial charge in [0.15, 0.2) is 0 Å². The number of benzene rings is 1. The molecule has 1 aromatic heterocycles.